The van der Waals surface area contributed by atoms with Gasteiger partial charge in [0.15, 0.2) is 6.61 Å². The Morgan fingerprint density at radius 1 is 1.16 bits per heavy atom. The maximum absolute atomic E-state index is 12.0. The summed E-state index contributed by atoms with van der Waals surface area (Å²) in [5.74, 6) is -0.978. The molecule has 0 aliphatic rings. The number of hydrogen-bond acceptors (Lipinski definition) is 5. The number of hydrogen-bond donors (Lipinski definition) is 1. The molecule has 0 saturated carbocycles. The minimum Gasteiger partial charge on any atom is -0.452 e. The minimum atomic E-state index is -0.553. The highest BCUT2D eigenvalue weighted by Crippen LogP contribution is 2.14. The number of carbonyl (C=O) groups excluding carboxylic acids is 2. The zero-order valence-corrected chi connectivity index (χ0v) is 14.2. The fraction of sp³-hybridized carbons (Fsp3) is 0.211. The maximum atomic E-state index is 12.0. The van der Waals surface area contributed by atoms with E-state index >= 15 is 0 Å². The number of ether oxygens (including phenoxy) is 1. The van der Waals surface area contributed by atoms with Gasteiger partial charge in [0.2, 0.25) is 0 Å². The van der Waals surface area contributed by atoms with Crippen LogP contribution in [-0.4, -0.2) is 32.6 Å². The summed E-state index contributed by atoms with van der Waals surface area (Å²) in [5, 5.41) is 11.3. The second kappa shape index (κ2) is 8.50. The molecule has 128 valence electrons. The van der Waals surface area contributed by atoms with Gasteiger partial charge in [-0.05, 0) is 35.9 Å². The summed E-state index contributed by atoms with van der Waals surface area (Å²) in [6, 6.07) is 16.0. The van der Waals surface area contributed by atoms with Gasteiger partial charge in [0.05, 0.1) is 18.1 Å². The zero-order chi connectivity index (χ0) is 18.2. The highest BCUT2D eigenvalue weighted by Gasteiger charge is 2.11. The molecule has 2 rings (SSSR count). The van der Waals surface area contributed by atoms with E-state index in [4.69, 9.17) is 10.00 Å². The number of benzene rings is 2. The molecule has 0 fully saturated rings. The van der Waals surface area contributed by atoms with Crippen molar-refractivity contribution in [2.45, 2.75) is 6.42 Å². The van der Waals surface area contributed by atoms with Gasteiger partial charge in [0, 0.05) is 25.5 Å². The topological polar surface area (TPSA) is 82.4 Å². The van der Waals surface area contributed by atoms with Crippen molar-refractivity contribution in [3.8, 4) is 6.07 Å². The molecule has 25 heavy (non-hydrogen) atoms. The third-order valence-corrected chi connectivity index (χ3v) is 3.45. The van der Waals surface area contributed by atoms with E-state index in [1.165, 1.54) is 0 Å². The van der Waals surface area contributed by atoms with Crippen LogP contribution in [0.15, 0.2) is 48.5 Å². The number of nitrogens with one attached hydrogen (secondary N) is 1. The average Bonchev–Trinajstić information content (AvgIpc) is 2.61. The van der Waals surface area contributed by atoms with E-state index in [2.05, 4.69) is 11.4 Å². The third-order valence-electron chi connectivity index (χ3n) is 3.45. The lowest BCUT2D eigenvalue weighted by Crippen LogP contribution is -2.21. The Kier molecular flexibility index (Phi) is 6.13. The van der Waals surface area contributed by atoms with E-state index in [9.17, 15) is 9.59 Å². The first-order valence-corrected chi connectivity index (χ1v) is 7.70. The lowest BCUT2D eigenvalue weighted by atomic mass is 10.1. The number of nitriles is 1. The van der Waals surface area contributed by atoms with Crippen molar-refractivity contribution in [1.29, 1.82) is 5.26 Å². The van der Waals surface area contributed by atoms with Crippen molar-refractivity contribution in [2.24, 2.45) is 0 Å². The van der Waals surface area contributed by atoms with Crippen LogP contribution in [0.3, 0.4) is 0 Å². The van der Waals surface area contributed by atoms with Gasteiger partial charge in [-0.3, -0.25) is 4.79 Å². The molecule has 0 bridgehead atoms. The number of esters is 1. The molecule has 2 aromatic carbocycles. The van der Waals surface area contributed by atoms with E-state index in [0.29, 0.717) is 17.7 Å². The molecule has 6 heteroatoms. The Labute approximate surface area is 146 Å². The van der Waals surface area contributed by atoms with Gasteiger partial charge < -0.3 is 15.0 Å². The van der Waals surface area contributed by atoms with Crippen LogP contribution in [0.1, 0.15) is 15.9 Å². The molecule has 0 spiro atoms. The number of rotatable bonds is 6. The van der Waals surface area contributed by atoms with Crippen molar-refractivity contribution in [3.05, 3.63) is 59.7 Å². The normalized spacial score (nSPS) is 9.80. The quantitative estimate of drug-likeness (QED) is 0.819. The zero-order valence-electron chi connectivity index (χ0n) is 14.2. The van der Waals surface area contributed by atoms with Crippen LogP contribution in [0.5, 0.6) is 0 Å². The number of carbonyl (C=O) groups is 2. The molecular formula is C19H19N3O3. The molecule has 2 aromatic rings. The lowest BCUT2D eigenvalue weighted by Gasteiger charge is -2.13. The second-order valence-corrected chi connectivity index (χ2v) is 5.60. The highest BCUT2D eigenvalue weighted by molar-refractivity contribution is 5.95. The van der Waals surface area contributed by atoms with Crippen molar-refractivity contribution < 1.29 is 14.3 Å². The van der Waals surface area contributed by atoms with Crippen LogP contribution in [0.4, 0.5) is 11.4 Å². The number of nitrogens with zero attached hydrogens (tertiary/aromatic N) is 2. The van der Waals surface area contributed by atoms with Crippen molar-refractivity contribution in [1.82, 2.24) is 0 Å². The Balaban J connectivity index is 1.88. The largest absolute Gasteiger partial charge is 0.452 e. The molecule has 0 unspecified atom stereocenters. The van der Waals surface area contributed by atoms with E-state index in [-0.39, 0.29) is 6.61 Å². The molecule has 0 saturated heterocycles. The first kappa shape index (κ1) is 18.0. The fourth-order valence-electron chi connectivity index (χ4n) is 2.12. The minimum absolute atomic E-state index is 0.317. The molecular weight excluding hydrogens is 318 g/mol. The molecule has 0 atom stereocenters. The molecule has 0 aliphatic carbocycles. The molecule has 0 heterocycles. The van der Waals surface area contributed by atoms with Crippen LogP contribution >= 0.6 is 0 Å². The first-order chi connectivity index (χ1) is 12.0. The van der Waals surface area contributed by atoms with Crippen molar-refractivity contribution >= 4 is 23.3 Å². The Morgan fingerprint density at radius 3 is 2.52 bits per heavy atom. The predicted octanol–water partition coefficient (Wildman–Crippen LogP) is 2.61. The Hall–Kier alpha value is -3.33. The van der Waals surface area contributed by atoms with E-state index < -0.39 is 11.9 Å². The van der Waals surface area contributed by atoms with Gasteiger partial charge >= 0.3 is 5.97 Å². The van der Waals surface area contributed by atoms with E-state index in [0.717, 1.165) is 11.3 Å². The average molecular weight is 337 g/mol. The van der Waals surface area contributed by atoms with Gasteiger partial charge in [-0.1, -0.05) is 18.2 Å². The summed E-state index contributed by atoms with van der Waals surface area (Å²) < 4.78 is 5.05. The van der Waals surface area contributed by atoms with Gasteiger partial charge in [0.25, 0.3) is 5.91 Å². The molecule has 1 N–H and O–H groups in total. The molecule has 0 aromatic heterocycles. The molecule has 6 nitrogen and oxygen atoms in total. The molecule has 0 aliphatic heterocycles. The third kappa shape index (κ3) is 5.36. The predicted molar refractivity (Wildman–Crippen MR) is 95.4 cm³/mol. The van der Waals surface area contributed by atoms with Gasteiger partial charge in [-0.25, -0.2) is 4.79 Å². The van der Waals surface area contributed by atoms with Crippen LogP contribution in [0, 0.1) is 11.3 Å². The number of anilines is 2. The maximum Gasteiger partial charge on any atom is 0.338 e. The summed E-state index contributed by atoms with van der Waals surface area (Å²) in [4.78, 5) is 25.8. The summed E-state index contributed by atoms with van der Waals surface area (Å²) >= 11 is 0. The van der Waals surface area contributed by atoms with Crippen LogP contribution in [0.2, 0.25) is 0 Å². The first-order valence-electron chi connectivity index (χ1n) is 7.70. The van der Waals surface area contributed by atoms with Crippen LogP contribution < -0.4 is 10.2 Å². The second-order valence-electron chi connectivity index (χ2n) is 5.60. The molecule has 1 amide bonds. The van der Waals surface area contributed by atoms with Gasteiger partial charge in [-0.15, -0.1) is 0 Å². The van der Waals surface area contributed by atoms with Gasteiger partial charge in [-0.2, -0.15) is 5.26 Å². The monoisotopic (exact) mass is 337 g/mol. The van der Waals surface area contributed by atoms with E-state index in [1.807, 2.05) is 25.1 Å². The van der Waals surface area contributed by atoms with Crippen molar-refractivity contribution in [3.63, 3.8) is 0 Å². The van der Waals surface area contributed by atoms with E-state index in [1.54, 1.807) is 42.5 Å². The summed E-state index contributed by atoms with van der Waals surface area (Å²) in [6.07, 6.45) is 0.317. The van der Waals surface area contributed by atoms with Gasteiger partial charge in [0.1, 0.15) is 0 Å². The number of amides is 1. The van der Waals surface area contributed by atoms with Crippen LogP contribution in [0.25, 0.3) is 0 Å². The SMILES string of the molecule is CN(C)c1cccc(C(=O)OCC(=O)Nc2ccc(CC#N)cc2)c1. The lowest BCUT2D eigenvalue weighted by molar-refractivity contribution is -0.119. The van der Waals surface area contributed by atoms with Crippen molar-refractivity contribution in [2.75, 3.05) is 30.9 Å². The molecule has 0 radical (unpaired) electrons. The highest BCUT2D eigenvalue weighted by atomic mass is 16.5. The van der Waals surface area contributed by atoms with Crippen LogP contribution in [-0.2, 0) is 16.0 Å². The standard InChI is InChI=1S/C19H19N3O3/c1-22(2)17-5-3-4-15(12-17)19(24)25-13-18(23)21-16-8-6-14(7-9-16)10-11-20/h3-9,12H,10,13H2,1-2H3,(H,21,23). The summed E-state index contributed by atoms with van der Waals surface area (Å²) in [6.45, 7) is -0.370. The summed E-state index contributed by atoms with van der Waals surface area (Å²) in [7, 11) is 3.75. The Morgan fingerprint density at radius 2 is 1.88 bits per heavy atom. The Bertz CT molecular complexity index is 792. The fourth-order valence-corrected chi connectivity index (χ4v) is 2.12. The smallest absolute Gasteiger partial charge is 0.338 e. The summed E-state index contributed by atoms with van der Waals surface area (Å²) in [5.41, 5.74) is 2.71.